The number of aromatic nitrogens is 1. The molecule has 4 nitrogen and oxygen atoms in total. The van der Waals surface area contributed by atoms with Crippen LogP contribution < -0.4 is 15.8 Å². The van der Waals surface area contributed by atoms with Crippen molar-refractivity contribution in [3.05, 3.63) is 174 Å². The maximum Gasteiger partial charge on any atom is 0.333 e. The van der Waals surface area contributed by atoms with E-state index in [0.717, 1.165) is 80.0 Å². The Labute approximate surface area is 473 Å². The van der Waals surface area contributed by atoms with Crippen LogP contribution in [0.4, 0.5) is 17.1 Å². The van der Waals surface area contributed by atoms with Gasteiger partial charge < -0.3 is 18.2 Å². The number of furan rings is 2. The average Bonchev–Trinajstić information content (AvgIpc) is 2.22. The molecular weight excluding hydrogens is 984 g/mol. The molecule has 3 aromatic heterocycles. The van der Waals surface area contributed by atoms with E-state index in [4.69, 9.17) is 8.83 Å². The van der Waals surface area contributed by atoms with Crippen LogP contribution in [0.1, 0.15) is 115 Å². The van der Waals surface area contributed by atoms with Crippen molar-refractivity contribution >= 4 is 111 Å². The normalized spacial score (nSPS) is 26.7. The Morgan fingerprint density at radius 3 is 1.84 bits per heavy atom. The fourth-order valence-corrected chi connectivity index (χ4v) is 20.6. The maximum atomic E-state index is 7.53. The number of rotatable bonds is 4. The highest BCUT2D eigenvalue weighted by Gasteiger charge is 2.54. The fraction of sp³-hybridized carbons (Fsp3) is 0.316. The third-order valence-electron chi connectivity index (χ3n) is 23.1. The van der Waals surface area contributed by atoms with Crippen molar-refractivity contribution in [3.8, 4) is 22.3 Å². The predicted octanol–water partition coefficient (Wildman–Crippen LogP) is 19.1. The van der Waals surface area contributed by atoms with Gasteiger partial charge in [0.25, 0.3) is 0 Å². The van der Waals surface area contributed by atoms with Crippen LogP contribution in [0, 0.1) is 35.5 Å². The lowest BCUT2D eigenvalue weighted by molar-refractivity contribution is -0.00527. The van der Waals surface area contributed by atoms with E-state index in [2.05, 4.69) is 188 Å². The van der Waals surface area contributed by atoms with Crippen LogP contribution in [0.15, 0.2) is 167 Å². The van der Waals surface area contributed by atoms with E-state index in [9.17, 15) is 0 Å². The van der Waals surface area contributed by atoms with Crippen LogP contribution in [0.5, 0.6) is 0 Å². The monoisotopic (exact) mass is 1050 g/mol. The van der Waals surface area contributed by atoms with Gasteiger partial charge in [-0.1, -0.05) is 112 Å². The second-order valence-corrected chi connectivity index (χ2v) is 28.8. The summed E-state index contributed by atoms with van der Waals surface area (Å²) in [4.78, 5) is 2.68. The Hall–Kier alpha value is -7.50. The third-order valence-corrected chi connectivity index (χ3v) is 23.1. The highest BCUT2D eigenvalue weighted by Crippen LogP contribution is 2.64. The van der Waals surface area contributed by atoms with E-state index in [1.807, 2.05) is 0 Å². The van der Waals surface area contributed by atoms with Crippen LogP contribution >= 0.6 is 0 Å². The van der Waals surface area contributed by atoms with Gasteiger partial charge in [0.15, 0.2) is 5.58 Å². The number of nitrogens with zero attached hydrogens (tertiary/aromatic N) is 2. The molecule has 0 unspecified atom stereocenters. The standard InChI is InChI=1S/C76H65BN2O2/c1-74(2,3)51-17-20-63(55(31-51)48-11-5-4-6-12-48)78-71-62(19-22-66-68(71)61-29-49-13-7-8-14-50(49)30-67(61)80-66)77-69-57(35-60-54-15-9-10-16-65(54)81-73(60)72(69)78)59-34-53(76-39-45-26-46(40-76)28-47(27-45)41-76)33-58-56-32-52(18-21-64(56)79(77)70(58)59)75-36-42-23-43(37-75)25-44(24-42)38-75/h4-22,29-35,42-47H,23-28,36-41H2,1-3H3. The first-order chi connectivity index (χ1) is 39.6. The van der Waals surface area contributed by atoms with Gasteiger partial charge in [-0.15, -0.1) is 0 Å². The molecule has 5 heterocycles. The zero-order valence-electron chi connectivity index (χ0n) is 46.7. The molecule has 22 rings (SSSR count). The second-order valence-electron chi connectivity index (χ2n) is 28.8. The quantitative estimate of drug-likeness (QED) is 0.165. The summed E-state index contributed by atoms with van der Waals surface area (Å²) >= 11 is 0. The van der Waals surface area contributed by atoms with Crippen LogP contribution in [0.2, 0.25) is 0 Å². The average molecular weight is 1050 g/mol. The summed E-state index contributed by atoms with van der Waals surface area (Å²) in [6, 6.07) is 61.7. The topological polar surface area (TPSA) is 34.5 Å². The van der Waals surface area contributed by atoms with Gasteiger partial charge in [0.2, 0.25) is 0 Å². The summed E-state index contributed by atoms with van der Waals surface area (Å²) in [5.74, 6) is 5.19. The summed E-state index contributed by atoms with van der Waals surface area (Å²) < 4.78 is 17.5. The minimum absolute atomic E-state index is 0.0749. The van der Waals surface area contributed by atoms with Crippen molar-refractivity contribution in [3.63, 3.8) is 0 Å². The van der Waals surface area contributed by atoms with E-state index >= 15 is 0 Å². The van der Waals surface area contributed by atoms with Crippen LogP contribution in [0.3, 0.4) is 0 Å². The lowest BCUT2D eigenvalue weighted by Gasteiger charge is -2.57. The lowest BCUT2D eigenvalue weighted by Crippen LogP contribution is -2.56. The zero-order valence-corrected chi connectivity index (χ0v) is 46.7. The van der Waals surface area contributed by atoms with Crippen molar-refractivity contribution in [2.75, 3.05) is 4.90 Å². The molecule has 0 amide bonds. The molecule has 0 radical (unpaired) electrons. The van der Waals surface area contributed by atoms with E-state index in [0.29, 0.717) is 0 Å². The molecule has 12 aromatic rings. The second kappa shape index (κ2) is 15.3. The summed E-state index contributed by atoms with van der Waals surface area (Å²) in [6.07, 6.45) is 16.8. The molecule has 0 atom stereocenters. The largest absolute Gasteiger partial charge is 0.456 e. The molecule has 10 aliphatic rings. The Bertz CT molecular complexity index is 4720. The zero-order chi connectivity index (χ0) is 53.0. The Morgan fingerprint density at radius 1 is 0.469 bits per heavy atom. The molecule has 0 saturated heterocycles. The number of para-hydroxylation sites is 1. The Morgan fingerprint density at radius 2 is 1.12 bits per heavy atom. The van der Waals surface area contributed by atoms with Crippen molar-refractivity contribution in [1.82, 2.24) is 4.48 Å². The number of anilines is 3. The number of hydrogen-bond donors (Lipinski definition) is 0. The van der Waals surface area contributed by atoms with Crippen molar-refractivity contribution in [2.45, 2.75) is 114 Å². The van der Waals surface area contributed by atoms with Gasteiger partial charge >= 0.3 is 6.85 Å². The molecule has 8 bridgehead atoms. The molecule has 8 aliphatic carbocycles. The van der Waals surface area contributed by atoms with Gasteiger partial charge in [-0.3, -0.25) is 0 Å². The van der Waals surface area contributed by atoms with Gasteiger partial charge in [0.1, 0.15) is 16.7 Å². The summed E-state index contributed by atoms with van der Waals surface area (Å²) in [5.41, 5.74) is 22.7. The van der Waals surface area contributed by atoms with Gasteiger partial charge in [-0.2, -0.15) is 0 Å². The molecule has 0 N–H and O–H groups in total. The Kier molecular flexibility index (Phi) is 8.55. The van der Waals surface area contributed by atoms with Crippen LogP contribution in [0.25, 0.3) is 98.7 Å². The maximum absolute atomic E-state index is 7.53. The molecule has 9 aromatic carbocycles. The molecule has 81 heavy (non-hydrogen) atoms. The summed E-state index contributed by atoms with van der Waals surface area (Å²) in [7, 11) is 0. The number of benzene rings is 9. The van der Waals surface area contributed by atoms with E-state index in [1.54, 1.807) is 11.1 Å². The predicted molar refractivity (Wildman–Crippen MR) is 336 cm³/mol. The summed E-state index contributed by atoms with van der Waals surface area (Å²) in [6.45, 7) is 6.87. The van der Waals surface area contributed by atoms with Crippen molar-refractivity contribution in [1.29, 1.82) is 0 Å². The third kappa shape index (κ3) is 5.98. The molecule has 8 fully saturated rings. The molecule has 8 saturated carbocycles. The van der Waals surface area contributed by atoms with E-state index in [1.165, 1.54) is 165 Å². The fourth-order valence-electron chi connectivity index (χ4n) is 20.6. The molecular formula is C76H65BN2O2. The minimum Gasteiger partial charge on any atom is -0.456 e. The van der Waals surface area contributed by atoms with Gasteiger partial charge in [0.05, 0.1) is 22.4 Å². The Balaban J connectivity index is 0.960. The highest BCUT2D eigenvalue weighted by molar-refractivity contribution is 6.91. The molecule has 394 valence electrons. The summed E-state index contributed by atoms with van der Waals surface area (Å²) in [5, 5.41) is 9.95. The van der Waals surface area contributed by atoms with Gasteiger partial charge in [-0.25, -0.2) is 0 Å². The van der Waals surface area contributed by atoms with Gasteiger partial charge in [0, 0.05) is 49.1 Å². The van der Waals surface area contributed by atoms with E-state index < -0.39 is 0 Å². The minimum atomic E-state index is -0.161. The highest BCUT2D eigenvalue weighted by atomic mass is 16.3. The first-order valence-electron chi connectivity index (χ1n) is 31.1. The van der Waals surface area contributed by atoms with Crippen LogP contribution in [-0.4, -0.2) is 11.3 Å². The smallest absolute Gasteiger partial charge is 0.333 e. The molecule has 5 heteroatoms. The molecule has 2 aliphatic heterocycles. The first-order valence-corrected chi connectivity index (χ1v) is 31.1. The number of hydrogen-bond acceptors (Lipinski definition) is 3. The number of fused-ring (bicyclic) bond motifs is 16. The molecule has 0 spiro atoms. The van der Waals surface area contributed by atoms with Gasteiger partial charge in [-0.05, 0) is 245 Å². The van der Waals surface area contributed by atoms with Crippen LogP contribution in [-0.2, 0) is 16.2 Å². The lowest BCUT2D eigenvalue weighted by atomic mass is 9.44. The van der Waals surface area contributed by atoms with E-state index in [-0.39, 0.29) is 23.1 Å². The van der Waals surface area contributed by atoms with Crippen molar-refractivity contribution < 1.29 is 8.83 Å². The first kappa shape index (κ1) is 45.2. The SMILES string of the molecule is CC(C)(C)c1ccc(N2c3c4c(cc5c3oc3ccccc35)-c3cc(C56CC7CC(CC(C7)C5)C6)cc5c6cc(C78CC9CC(CC(C9)C7)C8)ccc6n(c35)B4c3ccc4oc5cc6ccccc6cc5c4c32)c(-c2ccccc2)c1. The van der Waals surface area contributed by atoms with Crippen molar-refractivity contribution in [2.24, 2.45) is 35.5 Å².